The van der Waals surface area contributed by atoms with E-state index >= 15 is 0 Å². The standard InChI is InChI=1S/C15H23N/c1-2-4-12-5-3-6-13(11-12)7-10-15(16)14-8-9-14/h3,5-6,11,14-15H,2,4,7-10,16H2,1H3. The number of aryl methyl sites for hydroxylation is 2. The van der Waals surface area contributed by atoms with E-state index in [9.17, 15) is 0 Å². The van der Waals surface area contributed by atoms with Gasteiger partial charge < -0.3 is 5.73 Å². The fourth-order valence-electron chi connectivity index (χ4n) is 2.32. The third-order valence-corrected chi connectivity index (χ3v) is 3.52. The van der Waals surface area contributed by atoms with E-state index in [1.807, 2.05) is 0 Å². The summed E-state index contributed by atoms with van der Waals surface area (Å²) in [5.41, 5.74) is 9.06. The Kier molecular flexibility index (Phi) is 4.00. The monoisotopic (exact) mass is 217 g/mol. The highest BCUT2D eigenvalue weighted by molar-refractivity contribution is 5.23. The fourth-order valence-corrected chi connectivity index (χ4v) is 2.32. The molecular formula is C15H23N. The maximum atomic E-state index is 6.12. The van der Waals surface area contributed by atoms with Gasteiger partial charge >= 0.3 is 0 Å². The lowest BCUT2D eigenvalue weighted by Gasteiger charge is -2.10. The minimum Gasteiger partial charge on any atom is -0.327 e. The fraction of sp³-hybridized carbons (Fsp3) is 0.600. The van der Waals surface area contributed by atoms with Gasteiger partial charge in [-0.1, -0.05) is 37.6 Å². The summed E-state index contributed by atoms with van der Waals surface area (Å²) in [4.78, 5) is 0. The number of hydrogen-bond acceptors (Lipinski definition) is 1. The van der Waals surface area contributed by atoms with Crippen LogP contribution in [0, 0.1) is 5.92 Å². The van der Waals surface area contributed by atoms with Gasteiger partial charge in [0.15, 0.2) is 0 Å². The molecule has 0 aliphatic heterocycles. The van der Waals surface area contributed by atoms with Gasteiger partial charge in [-0.15, -0.1) is 0 Å². The molecule has 0 heterocycles. The van der Waals surface area contributed by atoms with Crippen LogP contribution in [0.15, 0.2) is 24.3 Å². The summed E-state index contributed by atoms with van der Waals surface area (Å²) < 4.78 is 0. The lowest BCUT2D eigenvalue weighted by molar-refractivity contribution is 0.550. The maximum Gasteiger partial charge on any atom is 0.00703 e. The van der Waals surface area contributed by atoms with Gasteiger partial charge in [-0.3, -0.25) is 0 Å². The van der Waals surface area contributed by atoms with Crippen LogP contribution in [-0.2, 0) is 12.8 Å². The van der Waals surface area contributed by atoms with Crippen molar-refractivity contribution in [2.45, 2.75) is 51.5 Å². The van der Waals surface area contributed by atoms with E-state index in [4.69, 9.17) is 5.73 Å². The summed E-state index contributed by atoms with van der Waals surface area (Å²) in [7, 11) is 0. The van der Waals surface area contributed by atoms with Crippen LogP contribution in [0.4, 0.5) is 0 Å². The van der Waals surface area contributed by atoms with E-state index in [0.717, 1.165) is 18.8 Å². The van der Waals surface area contributed by atoms with Crippen LogP contribution in [0.5, 0.6) is 0 Å². The Balaban J connectivity index is 1.85. The van der Waals surface area contributed by atoms with Crippen molar-refractivity contribution in [2.24, 2.45) is 11.7 Å². The van der Waals surface area contributed by atoms with Gasteiger partial charge in [0.05, 0.1) is 0 Å². The van der Waals surface area contributed by atoms with Crippen LogP contribution in [0.2, 0.25) is 0 Å². The molecule has 0 spiro atoms. The van der Waals surface area contributed by atoms with Gasteiger partial charge in [-0.2, -0.15) is 0 Å². The van der Waals surface area contributed by atoms with E-state index in [2.05, 4.69) is 31.2 Å². The Morgan fingerprint density at radius 3 is 2.56 bits per heavy atom. The lowest BCUT2D eigenvalue weighted by Crippen LogP contribution is -2.22. The first kappa shape index (κ1) is 11.7. The topological polar surface area (TPSA) is 26.0 Å². The Labute approximate surface area is 99.0 Å². The number of rotatable bonds is 6. The molecule has 1 nitrogen and oxygen atoms in total. The van der Waals surface area contributed by atoms with E-state index in [-0.39, 0.29) is 0 Å². The Morgan fingerprint density at radius 1 is 1.25 bits per heavy atom. The average Bonchev–Trinajstić information content (AvgIpc) is 3.11. The summed E-state index contributed by atoms with van der Waals surface area (Å²) in [5, 5.41) is 0. The van der Waals surface area contributed by atoms with Crippen LogP contribution in [0.25, 0.3) is 0 Å². The van der Waals surface area contributed by atoms with Crippen molar-refractivity contribution in [3.63, 3.8) is 0 Å². The molecule has 2 rings (SSSR count). The number of benzene rings is 1. The zero-order valence-corrected chi connectivity index (χ0v) is 10.3. The van der Waals surface area contributed by atoms with Crippen LogP contribution >= 0.6 is 0 Å². The molecule has 1 saturated carbocycles. The van der Waals surface area contributed by atoms with Crippen molar-refractivity contribution in [3.8, 4) is 0 Å². The number of hydrogen-bond donors (Lipinski definition) is 1. The van der Waals surface area contributed by atoms with Crippen molar-refractivity contribution in [2.75, 3.05) is 0 Å². The Bertz CT molecular complexity index is 328. The molecule has 1 heteroatoms. The van der Waals surface area contributed by atoms with Gasteiger partial charge in [0.25, 0.3) is 0 Å². The van der Waals surface area contributed by atoms with E-state index in [1.165, 1.54) is 36.8 Å². The summed E-state index contributed by atoms with van der Waals surface area (Å²) in [5.74, 6) is 0.832. The van der Waals surface area contributed by atoms with Crippen molar-refractivity contribution in [1.29, 1.82) is 0 Å². The second-order valence-corrected chi connectivity index (χ2v) is 5.11. The quantitative estimate of drug-likeness (QED) is 0.777. The molecule has 0 saturated heterocycles. The minimum absolute atomic E-state index is 0.440. The molecule has 1 unspecified atom stereocenters. The highest BCUT2D eigenvalue weighted by Crippen LogP contribution is 2.33. The van der Waals surface area contributed by atoms with Gasteiger partial charge in [0, 0.05) is 6.04 Å². The molecule has 16 heavy (non-hydrogen) atoms. The second-order valence-electron chi connectivity index (χ2n) is 5.11. The molecular weight excluding hydrogens is 194 g/mol. The zero-order chi connectivity index (χ0) is 11.4. The molecule has 1 aliphatic carbocycles. The maximum absolute atomic E-state index is 6.12. The highest BCUT2D eigenvalue weighted by atomic mass is 14.7. The van der Waals surface area contributed by atoms with Gasteiger partial charge in [-0.25, -0.2) is 0 Å². The molecule has 0 amide bonds. The van der Waals surface area contributed by atoms with E-state index in [1.54, 1.807) is 0 Å². The van der Waals surface area contributed by atoms with Gasteiger partial charge in [0.1, 0.15) is 0 Å². The molecule has 2 N–H and O–H groups in total. The second kappa shape index (κ2) is 5.49. The third kappa shape index (κ3) is 3.34. The predicted molar refractivity (Wildman–Crippen MR) is 69.5 cm³/mol. The molecule has 0 aromatic heterocycles. The highest BCUT2D eigenvalue weighted by Gasteiger charge is 2.27. The van der Waals surface area contributed by atoms with Crippen LogP contribution in [0.1, 0.15) is 43.7 Å². The van der Waals surface area contributed by atoms with Gasteiger partial charge in [-0.05, 0) is 49.1 Å². The van der Waals surface area contributed by atoms with Crippen LogP contribution in [0.3, 0.4) is 0 Å². The van der Waals surface area contributed by atoms with Crippen LogP contribution in [-0.4, -0.2) is 6.04 Å². The molecule has 1 atom stereocenters. The smallest absolute Gasteiger partial charge is 0.00703 e. The molecule has 1 aromatic rings. The third-order valence-electron chi connectivity index (χ3n) is 3.52. The zero-order valence-electron chi connectivity index (χ0n) is 10.3. The average molecular weight is 217 g/mol. The van der Waals surface area contributed by atoms with Crippen molar-refractivity contribution in [1.82, 2.24) is 0 Å². The molecule has 0 bridgehead atoms. The summed E-state index contributed by atoms with van der Waals surface area (Å²) in [6.45, 7) is 2.23. The summed E-state index contributed by atoms with van der Waals surface area (Å²) in [6.07, 6.45) is 7.44. The SMILES string of the molecule is CCCc1cccc(CCC(N)C2CC2)c1. The first-order chi connectivity index (χ1) is 7.79. The molecule has 88 valence electrons. The Morgan fingerprint density at radius 2 is 1.94 bits per heavy atom. The molecule has 0 radical (unpaired) electrons. The predicted octanol–water partition coefficient (Wildman–Crippen LogP) is 3.31. The van der Waals surface area contributed by atoms with Crippen molar-refractivity contribution < 1.29 is 0 Å². The van der Waals surface area contributed by atoms with Crippen LogP contribution < -0.4 is 5.73 Å². The Hall–Kier alpha value is -0.820. The summed E-state index contributed by atoms with van der Waals surface area (Å²) in [6, 6.07) is 9.44. The van der Waals surface area contributed by atoms with E-state index in [0.29, 0.717) is 6.04 Å². The molecule has 1 aliphatic rings. The molecule has 1 fully saturated rings. The minimum atomic E-state index is 0.440. The first-order valence-corrected chi connectivity index (χ1v) is 6.63. The lowest BCUT2D eigenvalue weighted by atomic mass is 10.00. The van der Waals surface area contributed by atoms with Crippen molar-refractivity contribution in [3.05, 3.63) is 35.4 Å². The van der Waals surface area contributed by atoms with Crippen molar-refractivity contribution >= 4 is 0 Å². The largest absolute Gasteiger partial charge is 0.327 e. The molecule has 1 aromatic carbocycles. The first-order valence-electron chi connectivity index (χ1n) is 6.63. The van der Waals surface area contributed by atoms with Gasteiger partial charge in [0.2, 0.25) is 0 Å². The van der Waals surface area contributed by atoms with E-state index < -0.39 is 0 Å². The number of nitrogens with two attached hydrogens (primary N) is 1. The normalized spacial score (nSPS) is 17.4. The summed E-state index contributed by atoms with van der Waals surface area (Å²) >= 11 is 0.